The molecule has 0 N–H and O–H groups in total. The molecule has 0 radical (unpaired) electrons. The van der Waals surface area contributed by atoms with E-state index in [1.807, 2.05) is 25.1 Å². The van der Waals surface area contributed by atoms with E-state index in [4.69, 9.17) is 0 Å². The van der Waals surface area contributed by atoms with Gasteiger partial charge < -0.3 is 4.74 Å². The van der Waals surface area contributed by atoms with Gasteiger partial charge in [-0.05, 0) is 91.1 Å². The van der Waals surface area contributed by atoms with Gasteiger partial charge in [0, 0.05) is 16.5 Å². The van der Waals surface area contributed by atoms with Crippen molar-refractivity contribution in [3.63, 3.8) is 0 Å². The lowest BCUT2D eigenvalue weighted by Crippen LogP contribution is -2.19. The van der Waals surface area contributed by atoms with Crippen LogP contribution in [0.3, 0.4) is 0 Å². The summed E-state index contributed by atoms with van der Waals surface area (Å²) in [5.74, 6) is 1.28. The number of halogens is 6. The molecule has 0 atom stereocenters. The second-order valence-corrected chi connectivity index (χ2v) is 8.97. The fraction of sp³-hybridized carbons (Fsp3) is 0.188. The lowest BCUT2D eigenvalue weighted by Gasteiger charge is -2.12. The van der Waals surface area contributed by atoms with Gasteiger partial charge in [0.1, 0.15) is 5.82 Å². The van der Waals surface area contributed by atoms with Crippen LogP contribution in [0.25, 0.3) is 10.8 Å². The maximum absolute atomic E-state index is 15.2. The smallest absolute Gasteiger partial charge is 0.399 e. The normalized spacial score (nSPS) is 11.6. The molecular weight excluding hydrogens is 514 g/mol. The zero-order valence-electron chi connectivity index (χ0n) is 21.0. The number of fused-ring (bicyclic) bond motifs is 1. The summed E-state index contributed by atoms with van der Waals surface area (Å²) in [4.78, 5) is 0. The summed E-state index contributed by atoms with van der Waals surface area (Å²) in [6.07, 6.45) is 0.992. The van der Waals surface area contributed by atoms with E-state index >= 15 is 4.39 Å². The highest BCUT2D eigenvalue weighted by Crippen LogP contribution is 2.30. The molecule has 0 heterocycles. The molecule has 1 nitrogen and oxygen atoms in total. The van der Waals surface area contributed by atoms with E-state index in [-0.39, 0.29) is 18.4 Å². The molecule has 0 saturated carbocycles. The van der Waals surface area contributed by atoms with Gasteiger partial charge in [0.15, 0.2) is 11.6 Å². The predicted octanol–water partition coefficient (Wildman–Crippen LogP) is 8.85. The van der Waals surface area contributed by atoms with Crippen molar-refractivity contribution < 1.29 is 31.1 Å². The Balaban J connectivity index is 1.46. The van der Waals surface area contributed by atoms with Crippen LogP contribution in [0.2, 0.25) is 0 Å². The van der Waals surface area contributed by atoms with Crippen LogP contribution >= 0.6 is 0 Å². The molecule has 4 aromatic rings. The van der Waals surface area contributed by atoms with Crippen molar-refractivity contribution in [2.24, 2.45) is 0 Å². The summed E-state index contributed by atoms with van der Waals surface area (Å²) in [5.41, 5.74) is 3.22. The molecule has 0 unspecified atom stereocenters. The van der Waals surface area contributed by atoms with Gasteiger partial charge in [-0.2, -0.15) is 0 Å². The second-order valence-electron chi connectivity index (χ2n) is 8.97. The molecule has 0 spiro atoms. The number of benzene rings is 4. The predicted molar refractivity (Wildman–Crippen MR) is 140 cm³/mol. The standard InChI is InChI=1S/C32H24F6O/c1-2-3-4-5-21-6-8-22(9-7-21)10-11-23-13-17-27-26(18-23)16-15-25(30(27)35)14-12-24-19-28(33)31(29(34)20-24)39-32(36,37)38/h2-3,6-9,13,15-20H,4-5,12,14H2,1H3/b3-2+. The van der Waals surface area contributed by atoms with Gasteiger partial charge in [0.05, 0.1) is 0 Å². The average molecular weight is 539 g/mol. The number of rotatable bonds is 7. The van der Waals surface area contributed by atoms with Gasteiger partial charge in [0.25, 0.3) is 0 Å². The Labute approximate surface area is 222 Å². The zero-order valence-corrected chi connectivity index (χ0v) is 21.0. The third kappa shape index (κ3) is 7.44. The molecule has 200 valence electrons. The minimum absolute atomic E-state index is 0.0141. The van der Waals surface area contributed by atoms with Crippen molar-refractivity contribution in [1.29, 1.82) is 0 Å². The number of alkyl halides is 3. The van der Waals surface area contributed by atoms with Gasteiger partial charge in [-0.3, -0.25) is 0 Å². The summed E-state index contributed by atoms with van der Waals surface area (Å²) in [5, 5.41) is 1.02. The summed E-state index contributed by atoms with van der Waals surface area (Å²) in [7, 11) is 0. The van der Waals surface area contributed by atoms with Gasteiger partial charge in [-0.15, -0.1) is 13.2 Å². The molecule has 0 fully saturated rings. The summed E-state index contributed by atoms with van der Waals surface area (Å²) in [6, 6.07) is 18.0. The number of hydrogen-bond donors (Lipinski definition) is 0. The molecule has 0 bridgehead atoms. The van der Waals surface area contributed by atoms with E-state index < -0.39 is 29.6 Å². The lowest BCUT2D eigenvalue weighted by atomic mass is 9.99. The molecule has 0 amide bonds. The van der Waals surface area contributed by atoms with Gasteiger partial charge >= 0.3 is 6.36 Å². The van der Waals surface area contributed by atoms with E-state index in [0.717, 1.165) is 36.1 Å². The van der Waals surface area contributed by atoms with Crippen molar-refractivity contribution >= 4 is 10.8 Å². The van der Waals surface area contributed by atoms with Gasteiger partial charge in [-0.25, -0.2) is 13.2 Å². The highest BCUT2D eigenvalue weighted by atomic mass is 19.4. The quantitative estimate of drug-likeness (QED) is 0.130. The van der Waals surface area contributed by atoms with E-state index in [2.05, 4.69) is 34.8 Å². The third-order valence-corrected chi connectivity index (χ3v) is 6.13. The third-order valence-electron chi connectivity index (χ3n) is 6.13. The fourth-order valence-electron chi connectivity index (χ4n) is 4.17. The van der Waals surface area contributed by atoms with Crippen LogP contribution < -0.4 is 4.74 Å². The van der Waals surface area contributed by atoms with Crippen molar-refractivity contribution in [2.75, 3.05) is 0 Å². The Morgan fingerprint density at radius 3 is 2.08 bits per heavy atom. The first kappa shape index (κ1) is 27.8. The first-order valence-corrected chi connectivity index (χ1v) is 12.3. The summed E-state index contributed by atoms with van der Waals surface area (Å²) in [6.45, 7) is 2.00. The lowest BCUT2D eigenvalue weighted by molar-refractivity contribution is -0.276. The Bertz CT molecular complexity index is 1530. The van der Waals surface area contributed by atoms with E-state index in [9.17, 15) is 22.0 Å². The van der Waals surface area contributed by atoms with Crippen molar-refractivity contribution in [1.82, 2.24) is 0 Å². The zero-order chi connectivity index (χ0) is 28.0. The summed E-state index contributed by atoms with van der Waals surface area (Å²) >= 11 is 0. The highest BCUT2D eigenvalue weighted by molar-refractivity contribution is 5.85. The molecule has 0 aliphatic heterocycles. The molecule has 4 rings (SSSR count). The van der Waals surface area contributed by atoms with Crippen LogP contribution in [-0.2, 0) is 19.3 Å². The number of aryl methyl sites for hydroxylation is 3. The highest BCUT2D eigenvalue weighted by Gasteiger charge is 2.34. The van der Waals surface area contributed by atoms with Crippen LogP contribution in [0.1, 0.15) is 41.2 Å². The summed E-state index contributed by atoms with van der Waals surface area (Å²) < 4.78 is 83.6. The van der Waals surface area contributed by atoms with Gasteiger partial charge in [0.2, 0.25) is 5.75 Å². The van der Waals surface area contributed by atoms with Crippen LogP contribution in [0.4, 0.5) is 26.3 Å². The van der Waals surface area contributed by atoms with Crippen LogP contribution in [0.15, 0.2) is 78.9 Å². The molecule has 0 aliphatic rings. The van der Waals surface area contributed by atoms with E-state index in [1.165, 1.54) is 5.56 Å². The topological polar surface area (TPSA) is 9.23 Å². The Hall–Kier alpha value is -4.18. The second kappa shape index (κ2) is 12.1. The maximum Gasteiger partial charge on any atom is 0.573 e. The largest absolute Gasteiger partial charge is 0.573 e. The minimum Gasteiger partial charge on any atom is -0.399 e. The monoisotopic (exact) mass is 538 g/mol. The number of hydrogen-bond acceptors (Lipinski definition) is 1. The molecule has 0 saturated heterocycles. The SMILES string of the molecule is C/C=C/CCc1ccc(C#Cc2ccc3c(F)c(CCc4cc(F)c(OC(F)(F)F)c(F)c4)ccc3c2)cc1. The van der Waals surface area contributed by atoms with Crippen molar-refractivity contribution in [3.05, 3.63) is 124 Å². The molecule has 4 aromatic carbocycles. The number of ether oxygens (including phenoxy) is 1. The molecule has 7 heteroatoms. The molecule has 0 aliphatic carbocycles. The number of allylic oxidation sites excluding steroid dienone is 2. The van der Waals surface area contributed by atoms with Crippen LogP contribution in [0, 0.1) is 29.3 Å². The first-order valence-electron chi connectivity index (χ1n) is 12.3. The molecular formula is C32H24F6O. The van der Waals surface area contributed by atoms with E-state index in [0.29, 0.717) is 16.3 Å². The first-order chi connectivity index (χ1) is 18.6. The fourth-order valence-corrected chi connectivity index (χ4v) is 4.17. The van der Waals surface area contributed by atoms with Crippen LogP contribution in [0.5, 0.6) is 5.75 Å². The van der Waals surface area contributed by atoms with Crippen molar-refractivity contribution in [2.45, 2.75) is 39.0 Å². The van der Waals surface area contributed by atoms with Crippen LogP contribution in [-0.4, -0.2) is 6.36 Å². The average Bonchev–Trinajstić information content (AvgIpc) is 2.89. The van der Waals surface area contributed by atoms with Gasteiger partial charge in [-0.1, -0.05) is 54.3 Å². The minimum atomic E-state index is -5.22. The van der Waals surface area contributed by atoms with Crippen molar-refractivity contribution in [3.8, 4) is 17.6 Å². The Morgan fingerprint density at radius 2 is 1.41 bits per heavy atom. The Morgan fingerprint density at radius 1 is 0.744 bits per heavy atom. The molecule has 39 heavy (non-hydrogen) atoms. The van der Waals surface area contributed by atoms with E-state index in [1.54, 1.807) is 30.3 Å². The maximum atomic E-state index is 15.2. The molecule has 0 aromatic heterocycles. The Kier molecular flexibility index (Phi) is 8.65.